The van der Waals surface area contributed by atoms with Gasteiger partial charge in [-0.2, -0.15) is 4.57 Å². The highest BCUT2D eigenvalue weighted by molar-refractivity contribution is 6.11. The molecule has 0 N–H and O–H groups in total. The summed E-state index contributed by atoms with van der Waals surface area (Å²) in [5.41, 5.74) is 1.53. The van der Waals surface area contributed by atoms with E-state index < -0.39 is 23.0 Å². The number of hydrogen-bond donors (Lipinski definition) is 0. The Morgan fingerprint density at radius 2 is 1.82 bits per heavy atom. The van der Waals surface area contributed by atoms with Gasteiger partial charge in [-0.15, -0.1) is 0 Å². The minimum atomic E-state index is -0.927. The van der Waals surface area contributed by atoms with Gasteiger partial charge in [-0.25, -0.2) is 4.57 Å². The van der Waals surface area contributed by atoms with Gasteiger partial charge in [-0.05, 0) is 52.5 Å². The summed E-state index contributed by atoms with van der Waals surface area (Å²) in [6, 6.07) is 8.09. The number of nitrogens with zero attached hydrogens (tertiary/aromatic N) is 3. The number of aromatic nitrogens is 3. The van der Waals surface area contributed by atoms with Gasteiger partial charge in [0.05, 0.1) is 17.8 Å². The molecule has 3 aromatic rings. The predicted molar refractivity (Wildman–Crippen MR) is 148 cm³/mol. The van der Waals surface area contributed by atoms with Crippen molar-refractivity contribution in [1.82, 2.24) is 9.13 Å². The zero-order valence-electron chi connectivity index (χ0n) is 24.4. The Balaban J connectivity index is 1.44. The molecule has 8 heteroatoms. The summed E-state index contributed by atoms with van der Waals surface area (Å²) in [4.78, 5) is 39.3. The van der Waals surface area contributed by atoms with E-state index in [4.69, 9.17) is 9.47 Å². The molecular weight excluding hydrogens is 494 g/mol. The van der Waals surface area contributed by atoms with Crippen molar-refractivity contribution in [2.75, 3.05) is 0 Å². The number of imidazole rings is 1. The Labute approximate surface area is 230 Å². The molecule has 0 fully saturated rings. The monoisotopic (exact) mass is 536 g/mol. The molecule has 1 aromatic carbocycles. The van der Waals surface area contributed by atoms with Crippen LogP contribution in [-0.2, 0) is 45.8 Å². The lowest BCUT2D eigenvalue weighted by Gasteiger charge is -2.29. The van der Waals surface area contributed by atoms with E-state index in [0.29, 0.717) is 19.4 Å². The van der Waals surface area contributed by atoms with Gasteiger partial charge < -0.3 is 14.0 Å². The maximum Gasteiger partial charge on any atom is 0.315 e. The number of hydrogen-bond acceptors (Lipinski definition) is 5. The first-order valence-electron chi connectivity index (χ1n) is 14.0. The van der Waals surface area contributed by atoms with Crippen molar-refractivity contribution in [3.8, 4) is 0 Å². The SMILES string of the molecule is CCC(CC)(CC(=O)OC(C)(C)C)C(=O)OC[n+]1ccn(CC2CCc3c(c4ccccc4n3C)C2=O)c1C. The fraction of sp³-hybridized carbons (Fsp3) is 0.548. The largest absolute Gasteiger partial charge is 0.460 e. The van der Waals surface area contributed by atoms with E-state index in [-0.39, 0.29) is 24.9 Å². The first-order chi connectivity index (χ1) is 18.4. The van der Waals surface area contributed by atoms with Crippen molar-refractivity contribution in [3.63, 3.8) is 0 Å². The average Bonchev–Trinajstić information content (AvgIpc) is 3.38. The zero-order valence-corrected chi connectivity index (χ0v) is 24.4. The van der Waals surface area contributed by atoms with Crippen molar-refractivity contribution in [2.45, 2.75) is 92.5 Å². The number of fused-ring (bicyclic) bond motifs is 3. The number of rotatable bonds is 9. The summed E-state index contributed by atoms with van der Waals surface area (Å²) in [6.45, 7) is 11.8. The topological polar surface area (TPSA) is 83.4 Å². The molecule has 0 saturated carbocycles. The van der Waals surface area contributed by atoms with Crippen LogP contribution < -0.4 is 4.57 Å². The molecule has 4 rings (SSSR count). The maximum absolute atomic E-state index is 13.6. The van der Waals surface area contributed by atoms with Crippen LogP contribution in [0.15, 0.2) is 36.7 Å². The van der Waals surface area contributed by atoms with E-state index >= 15 is 0 Å². The van der Waals surface area contributed by atoms with Gasteiger partial charge in [0.15, 0.2) is 5.78 Å². The molecule has 0 bridgehead atoms. The van der Waals surface area contributed by atoms with Crippen LogP contribution in [0, 0.1) is 18.3 Å². The highest BCUT2D eigenvalue weighted by Gasteiger charge is 2.41. The summed E-state index contributed by atoms with van der Waals surface area (Å²) < 4.78 is 17.3. The van der Waals surface area contributed by atoms with Gasteiger partial charge >= 0.3 is 11.9 Å². The number of aryl methyl sites for hydroxylation is 1. The maximum atomic E-state index is 13.6. The van der Waals surface area contributed by atoms with Crippen LogP contribution in [0.5, 0.6) is 0 Å². The highest BCUT2D eigenvalue weighted by Crippen LogP contribution is 2.35. The van der Waals surface area contributed by atoms with E-state index in [1.165, 1.54) is 0 Å². The summed E-state index contributed by atoms with van der Waals surface area (Å²) in [7, 11) is 2.04. The standard InChI is InChI=1S/C31H42N3O5/c1-8-31(9-2,18-26(35)39-30(4,5)6)29(37)38-20-34-17-16-33(21(34)3)19-22-14-15-25-27(28(22)36)23-12-10-11-13-24(23)32(25)7/h10-13,16-17,22H,8-9,14-15,18-20H2,1-7H3/q+1. The molecule has 0 aliphatic heterocycles. The van der Waals surface area contributed by atoms with Gasteiger partial charge in [0.25, 0.3) is 5.82 Å². The second-order valence-corrected chi connectivity index (χ2v) is 11.8. The zero-order chi connectivity index (χ0) is 28.5. The van der Waals surface area contributed by atoms with Gasteiger partial charge in [-0.1, -0.05) is 32.0 Å². The summed E-state index contributed by atoms with van der Waals surface area (Å²) in [5, 5.41) is 1.03. The Kier molecular flexibility index (Phi) is 8.05. The van der Waals surface area contributed by atoms with E-state index in [1.54, 1.807) is 0 Å². The fourth-order valence-corrected chi connectivity index (χ4v) is 5.74. The lowest BCUT2D eigenvalue weighted by molar-refractivity contribution is -0.732. The number of esters is 2. The molecule has 1 aliphatic rings. The number of carbonyl (C=O) groups excluding carboxylic acids is 3. The molecule has 0 saturated heterocycles. The molecule has 8 nitrogen and oxygen atoms in total. The molecule has 1 atom stereocenters. The smallest absolute Gasteiger partial charge is 0.315 e. The molecular formula is C31H42N3O5+. The number of carbonyl (C=O) groups is 3. The van der Waals surface area contributed by atoms with Crippen molar-refractivity contribution in [1.29, 1.82) is 0 Å². The van der Waals surface area contributed by atoms with Gasteiger partial charge in [0.2, 0.25) is 6.73 Å². The number of benzene rings is 1. The molecule has 2 heterocycles. The normalized spacial score (nSPS) is 15.9. The van der Waals surface area contributed by atoms with Crippen molar-refractivity contribution >= 4 is 28.6 Å². The summed E-state index contributed by atoms with van der Waals surface area (Å²) in [6.07, 6.45) is 6.40. The third kappa shape index (κ3) is 5.65. The molecule has 210 valence electrons. The Morgan fingerprint density at radius 1 is 1.13 bits per heavy atom. The third-order valence-corrected chi connectivity index (χ3v) is 8.27. The van der Waals surface area contributed by atoms with Crippen molar-refractivity contribution in [3.05, 3.63) is 53.7 Å². The van der Waals surface area contributed by atoms with E-state index in [9.17, 15) is 14.4 Å². The molecule has 0 spiro atoms. The Hall–Kier alpha value is -3.42. The van der Waals surface area contributed by atoms with Crippen LogP contribution in [-0.4, -0.2) is 32.5 Å². The minimum Gasteiger partial charge on any atom is -0.460 e. The number of Topliss-reactive ketones (excluding diaryl/α,β-unsaturated/α-hetero) is 1. The van der Waals surface area contributed by atoms with Crippen molar-refractivity contribution < 1.29 is 28.4 Å². The Morgan fingerprint density at radius 3 is 2.49 bits per heavy atom. The lowest BCUT2D eigenvalue weighted by Crippen LogP contribution is -2.42. The second kappa shape index (κ2) is 11.0. The highest BCUT2D eigenvalue weighted by atomic mass is 16.6. The van der Waals surface area contributed by atoms with Crippen molar-refractivity contribution in [2.24, 2.45) is 18.4 Å². The minimum absolute atomic E-state index is 0.0132. The molecule has 2 aromatic heterocycles. The summed E-state index contributed by atoms with van der Waals surface area (Å²) >= 11 is 0. The van der Waals surface area contributed by atoms with Crippen LogP contribution >= 0.6 is 0 Å². The molecule has 0 radical (unpaired) electrons. The van der Waals surface area contributed by atoms with Gasteiger partial charge in [0.1, 0.15) is 24.5 Å². The van der Waals surface area contributed by atoms with E-state index in [0.717, 1.165) is 40.8 Å². The third-order valence-electron chi connectivity index (χ3n) is 8.27. The quantitative estimate of drug-likeness (QED) is 0.282. The van der Waals surface area contributed by atoms with Gasteiger partial charge in [0, 0.05) is 36.1 Å². The predicted octanol–water partition coefficient (Wildman–Crippen LogP) is 5.06. The molecule has 39 heavy (non-hydrogen) atoms. The van der Waals surface area contributed by atoms with Crippen LogP contribution in [0.2, 0.25) is 0 Å². The average molecular weight is 537 g/mol. The second-order valence-electron chi connectivity index (χ2n) is 11.8. The molecule has 1 aliphatic carbocycles. The summed E-state index contributed by atoms with van der Waals surface area (Å²) in [5.74, 6) is 0.169. The number of ketones is 1. The molecule has 0 amide bonds. The lowest BCUT2D eigenvalue weighted by atomic mass is 9.79. The first kappa shape index (κ1) is 28.6. The fourth-order valence-electron chi connectivity index (χ4n) is 5.74. The van der Waals surface area contributed by atoms with E-state index in [2.05, 4.69) is 15.2 Å². The first-order valence-corrected chi connectivity index (χ1v) is 14.0. The number of para-hydroxylation sites is 1. The Bertz CT molecular complexity index is 1390. The van der Waals surface area contributed by atoms with Crippen LogP contribution in [0.4, 0.5) is 0 Å². The van der Waals surface area contributed by atoms with Crippen LogP contribution in [0.1, 0.15) is 82.2 Å². The van der Waals surface area contributed by atoms with E-state index in [1.807, 2.05) is 83.7 Å². The number of ether oxygens (including phenoxy) is 2. The molecule has 1 unspecified atom stereocenters. The van der Waals surface area contributed by atoms with Crippen LogP contribution in [0.3, 0.4) is 0 Å². The van der Waals surface area contributed by atoms with Crippen LogP contribution in [0.25, 0.3) is 10.9 Å². The van der Waals surface area contributed by atoms with Gasteiger partial charge in [-0.3, -0.25) is 14.4 Å².